The number of aromatic nitrogens is 3. The van der Waals surface area contributed by atoms with Crippen LogP contribution < -0.4 is 5.73 Å². The van der Waals surface area contributed by atoms with Crippen LogP contribution in [0.5, 0.6) is 0 Å². The van der Waals surface area contributed by atoms with Gasteiger partial charge in [-0.15, -0.1) is 10.2 Å². The Morgan fingerprint density at radius 2 is 1.91 bits per heavy atom. The fraction of sp³-hybridized carbons (Fsp3) is 0.125. The minimum Gasteiger partial charge on any atom is -0.326 e. The van der Waals surface area contributed by atoms with Crippen molar-refractivity contribution in [2.24, 2.45) is 5.73 Å². The fourth-order valence-corrected chi connectivity index (χ4v) is 2.81. The Kier molecular flexibility index (Phi) is 4.16. The Morgan fingerprint density at radius 3 is 2.68 bits per heavy atom. The van der Waals surface area contributed by atoms with Gasteiger partial charge in [-0.05, 0) is 30.2 Å². The van der Waals surface area contributed by atoms with Gasteiger partial charge in [-0.1, -0.05) is 47.5 Å². The molecule has 0 aliphatic rings. The zero-order valence-electron chi connectivity index (χ0n) is 11.9. The summed E-state index contributed by atoms with van der Waals surface area (Å²) in [7, 11) is 0. The Bertz CT molecular complexity index is 827. The Labute approximate surface area is 138 Å². The van der Waals surface area contributed by atoms with Crippen molar-refractivity contribution in [2.45, 2.75) is 13.5 Å². The van der Waals surface area contributed by atoms with Crippen molar-refractivity contribution in [2.75, 3.05) is 0 Å². The van der Waals surface area contributed by atoms with Crippen LogP contribution in [0.4, 0.5) is 0 Å². The topological polar surface area (TPSA) is 56.7 Å². The molecule has 112 valence electrons. The van der Waals surface area contributed by atoms with Crippen LogP contribution in [-0.2, 0) is 6.54 Å². The maximum atomic E-state index is 6.31. The molecule has 1 aromatic heterocycles. The molecular weight excluding hydrogens is 319 g/mol. The van der Waals surface area contributed by atoms with Gasteiger partial charge in [-0.2, -0.15) is 0 Å². The molecule has 0 amide bonds. The van der Waals surface area contributed by atoms with Crippen molar-refractivity contribution in [1.82, 2.24) is 14.8 Å². The summed E-state index contributed by atoms with van der Waals surface area (Å²) in [5, 5.41) is 9.22. The number of halogens is 2. The van der Waals surface area contributed by atoms with E-state index in [1.54, 1.807) is 12.4 Å². The van der Waals surface area contributed by atoms with Crippen LogP contribution in [0.25, 0.3) is 17.1 Å². The molecule has 3 aromatic rings. The monoisotopic (exact) mass is 332 g/mol. The van der Waals surface area contributed by atoms with Crippen LogP contribution in [-0.4, -0.2) is 14.8 Å². The van der Waals surface area contributed by atoms with Gasteiger partial charge in [0, 0.05) is 12.1 Å². The van der Waals surface area contributed by atoms with E-state index < -0.39 is 0 Å². The highest BCUT2D eigenvalue weighted by Crippen LogP contribution is 2.32. The van der Waals surface area contributed by atoms with Crippen LogP contribution in [0.1, 0.15) is 11.1 Å². The van der Waals surface area contributed by atoms with E-state index in [1.165, 1.54) is 0 Å². The molecule has 0 aliphatic carbocycles. The molecule has 0 bridgehead atoms. The number of hydrogen-bond donors (Lipinski definition) is 1. The van der Waals surface area contributed by atoms with Gasteiger partial charge in [0.25, 0.3) is 0 Å². The largest absolute Gasteiger partial charge is 0.326 e. The van der Waals surface area contributed by atoms with E-state index in [-0.39, 0.29) is 0 Å². The van der Waals surface area contributed by atoms with Crippen molar-refractivity contribution in [3.8, 4) is 17.1 Å². The molecule has 22 heavy (non-hydrogen) atoms. The van der Waals surface area contributed by atoms with E-state index in [2.05, 4.69) is 10.2 Å². The molecule has 6 heteroatoms. The first-order valence-corrected chi connectivity index (χ1v) is 7.52. The third-order valence-electron chi connectivity index (χ3n) is 3.65. The SMILES string of the molecule is Cc1c(CN)cccc1-c1nncn1-c1cccc(Cl)c1Cl. The number of hydrogen-bond acceptors (Lipinski definition) is 3. The van der Waals surface area contributed by atoms with Gasteiger partial charge in [-0.25, -0.2) is 0 Å². The average Bonchev–Trinajstić information content (AvgIpc) is 2.99. The predicted molar refractivity (Wildman–Crippen MR) is 89.4 cm³/mol. The molecule has 3 rings (SSSR count). The molecule has 0 fully saturated rings. The fourth-order valence-electron chi connectivity index (χ4n) is 2.42. The van der Waals surface area contributed by atoms with E-state index >= 15 is 0 Å². The quantitative estimate of drug-likeness (QED) is 0.788. The average molecular weight is 333 g/mol. The third kappa shape index (κ3) is 2.50. The minimum absolute atomic E-state index is 0.470. The second-order valence-corrected chi connectivity index (χ2v) is 5.68. The van der Waals surface area contributed by atoms with Crippen molar-refractivity contribution < 1.29 is 0 Å². The first-order valence-electron chi connectivity index (χ1n) is 6.77. The molecule has 2 N–H and O–H groups in total. The predicted octanol–water partition coefficient (Wildman–Crippen LogP) is 4.01. The van der Waals surface area contributed by atoms with Crippen LogP contribution in [0.3, 0.4) is 0 Å². The van der Waals surface area contributed by atoms with Crippen molar-refractivity contribution in [3.05, 3.63) is 63.9 Å². The summed E-state index contributed by atoms with van der Waals surface area (Å²) in [6, 6.07) is 11.4. The summed E-state index contributed by atoms with van der Waals surface area (Å²) in [6.07, 6.45) is 1.63. The van der Waals surface area contributed by atoms with Crippen LogP contribution in [0.15, 0.2) is 42.7 Å². The molecule has 0 spiro atoms. The summed E-state index contributed by atoms with van der Waals surface area (Å²) >= 11 is 12.4. The van der Waals surface area contributed by atoms with Gasteiger partial charge in [0.2, 0.25) is 0 Å². The molecule has 0 unspecified atom stereocenters. The Morgan fingerprint density at radius 1 is 1.14 bits per heavy atom. The van der Waals surface area contributed by atoms with E-state index in [0.717, 1.165) is 22.4 Å². The minimum atomic E-state index is 0.470. The highest BCUT2D eigenvalue weighted by atomic mass is 35.5. The number of nitrogens with two attached hydrogens (primary N) is 1. The third-order valence-corrected chi connectivity index (χ3v) is 4.45. The lowest BCUT2D eigenvalue weighted by Crippen LogP contribution is -2.03. The Hall–Kier alpha value is -1.88. The van der Waals surface area contributed by atoms with E-state index in [4.69, 9.17) is 28.9 Å². The highest BCUT2D eigenvalue weighted by molar-refractivity contribution is 6.43. The standard InChI is InChI=1S/C16H14Cl2N4/c1-10-11(8-19)4-2-5-12(10)16-21-20-9-22(16)14-7-3-6-13(17)15(14)18/h2-7,9H,8,19H2,1H3. The van der Waals surface area contributed by atoms with Gasteiger partial charge in [0.1, 0.15) is 6.33 Å². The summed E-state index contributed by atoms with van der Waals surface area (Å²) in [6.45, 7) is 2.50. The molecule has 4 nitrogen and oxygen atoms in total. The summed E-state index contributed by atoms with van der Waals surface area (Å²) in [5.41, 5.74) is 9.65. The molecule has 0 saturated heterocycles. The molecular formula is C16H14Cl2N4. The van der Waals surface area contributed by atoms with Crippen molar-refractivity contribution in [1.29, 1.82) is 0 Å². The van der Waals surface area contributed by atoms with Crippen LogP contribution in [0.2, 0.25) is 10.0 Å². The van der Waals surface area contributed by atoms with Gasteiger partial charge < -0.3 is 5.73 Å². The summed E-state index contributed by atoms with van der Waals surface area (Å²) < 4.78 is 1.83. The van der Waals surface area contributed by atoms with Gasteiger partial charge in [0.15, 0.2) is 5.82 Å². The van der Waals surface area contributed by atoms with Crippen LogP contribution in [0, 0.1) is 6.92 Å². The lowest BCUT2D eigenvalue weighted by Gasteiger charge is -2.12. The smallest absolute Gasteiger partial charge is 0.168 e. The number of nitrogens with zero attached hydrogens (tertiary/aromatic N) is 3. The molecule has 0 radical (unpaired) electrons. The molecule has 2 aromatic carbocycles. The lowest BCUT2D eigenvalue weighted by atomic mass is 10.0. The van der Waals surface area contributed by atoms with Gasteiger partial charge in [0.05, 0.1) is 15.7 Å². The van der Waals surface area contributed by atoms with Gasteiger partial charge >= 0.3 is 0 Å². The van der Waals surface area contributed by atoms with Gasteiger partial charge in [-0.3, -0.25) is 4.57 Å². The second kappa shape index (κ2) is 6.08. The van der Waals surface area contributed by atoms with E-state index in [0.29, 0.717) is 22.4 Å². The lowest BCUT2D eigenvalue weighted by molar-refractivity contribution is 1.03. The zero-order valence-corrected chi connectivity index (χ0v) is 13.4. The number of benzene rings is 2. The zero-order chi connectivity index (χ0) is 15.7. The molecule has 0 aliphatic heterocycles. The maximum Gasteiger partial charge on any atom is 0.168 e. The summed E-state index contributed by atoms with van der Waals surface area (Å²) in [5.74, 6) is 0.706. The molecule has 1 heterocycles. The van der Waals surface area contributed by atoms with E-state index in [9.17, 15) is 0 Å². The first kappa shape index (κ1) is 15.0. The van der Waals surface area contributed by atoms with Crippen LogP contribution >= 0.6 is 23.2 Å². The van der Waals surface area contributed by atoms with Crippen molar-refractivity contribution >= 4 is 23.2 Å². The molecule has 0 saturated carbocycles. The molecule has 0 atom stereocenters. The van der Waals surface area contributed by atoms with Crippen molar-refractivity contribution in [3.63, 3.8) is 0 Å². The number of rotatable bonds is 3. The summed E-state index contributed by atoms with van der Waals surface area (Å²) in [4.78, 5) is 0. The van der Waals surface area contributed by atoms with E-state index in [1.807, 2.05) is 41.8 Å². The first-order chi connectivity index (χ1) is 10.6. The highest BCUT2D eigenvalue weighted by Gasteiger charge is 2.15. The second-order valence-electron chi connectivity index (χ2n) is 4.89. The Balaban J connectivity index is 2.20. The normalized spacial score (nSPS) is 10.9. The maximum absolute atomic E-state index is 6.31.